The van der Waals surface area contributed by atoms with Gasteiger partial charge in [0.25, 0.3) is 5.91 Å². The minimum absolute atomic E-state index is 0.0317. The maximum atomic E-state index is 13.0. The fraction of sp³-hybridized carbons (Fsp3) is 0.435. The molecular formula is C23H28N2O4S. The molecule has 2 aliphatic rings. The lowest BCUT2D eigenvalue weighted by Gasteiger charge is -2.34. The van der Waals surface area contributed by atoms with E-state index in [4.69, 9.17) is 4.74 Å². The number of sulfonamides is 1. The molecule has 2 fully saturated rings. The number of nitrogens with zero attached hydrogens (tertiary/aromatic N) is 1. The van der Waals surface area contributed by atoms with Crippen LogP contribution in [0.1, 0.15) is 42.6 Å². The zero-order valence-corrected chi connectivity index (χ0v) is 18.2. The van der Waals surface area contributed by atoms with Crippen molar-refractivity contribution in [3.8, 4) is 0 Å². The molecule has 0 radical (unpaired) electrons. The number of carbonyl (C=O) groups is 1. The van der Waals surface area contributed by atoms with Crippen LogP contribution >= 0.6 is 0 Å². The number of nitrogens with one attached hydrogen (secondary N) is 1. The summed E-state index contributed by atoms with van der Waals surface area (Å²) >= 11 is 0. The minimum atomic E-state index is -3.61. The zero-order valence-electron chi connectivity index (χ0n) is 17.4. The molecule has 0 bridgehead atoms. The van der Waals surface area contributed by atoms with E-state index < -0.39 is 10.0 Å². The van der Waals surface area contributed by atoms with Crippen LogP contribution in [0.25, 0.3) is 0 Å². The van der Waals surface area contributed by atoms with Gasteiger partial charge in [0.1, 0.15) is 0 Å². The molecule has 2 unspecified atom stereocenters. The van der Waals surface area contributed by atoms with Gasteiger partial charge in [-0.3, -0.25) is 4.79 Å². The second-order valence-electron chi connectivity index (χ2n) is 8.43. The highest BCUT2D eigenvalue weighted by atomic mass is 32.2. The summed E-state index contributed by atoms with van der Waals surface area (Å²) in [6.07, 6.45) is 1.83. The molecule has 30 heavy (non-hydrogen) atoms. The van der Waals surface area contributed by atoms with Crippen molar-refractivity contribution >= 4 is 15.9 Å². The molecule has 6 nitrogen and oxygen atoms in total. The molecule has 0 aromatic heterocycles. The monoisotopic (exact) mass is 428 g/mol. The summed E-state index contributed by atoms with van der Waals surface area (Å²) in [7, 11) is -3.61. The quantitative estimate of drug-likeness (QED) is 0.768. The predicted molar refractivity (Wildman–Crippen MR) is 115 cm³/mol. The average molecular weight is 429 g/mol. The van der Waals surface area contributed by atoms with Crippen LogP contribution in [-0.2, 0) is 20.2 Å². The topological polar surface area (TPSA) is 75.7 Å². The Labute approximate surface area is 178 Å². The molecule has 160 valence electrons. The van der Waals surface area contributed by atoms with Crippen molar-refractivity contribution in [2.24, 2.45) is 0 Å². The van der Waals surface area contributed by atoms with Crippen LogP contribution < -0.4 is 5.32 Å². The van der Waals surface area contributed by atoms with Crippen LogP contribution in [0.5, 0.6) is 0 Å². The molecule has 4 rings (SSSR count). The summed E-state index contributed by atoms with van der Waals surface area (Å²) in [6.45, 7) is 4.98. The first-order chi connectivity index (χ1) is 14.3. The highest BCUT2D eigenvalue weighted by molar-refractivity contribution is 7.89. The highest BCUT2D eigenvalue weighted by Gasteiger charge is 2.44. The fourth-order valence-corrected chi connectivity index (χ4v) is 5.71. The molecular weight excluding hydrogens is 400 g/mol. The minimum Gasteiger partial charge on any atom is -0.373 e. The van der Waals surface area contributed by atoms with Crippen LogP contribution in [0.2, 0.25) is 0 Å². The maximum absolute atomic E-state index is 13.0. The van der Waals surface area contributed by atoms with Crippen molar-refractivity contribution in [2.45, 2.75) is 49.2 Å². The van der Waals surface area contributed by atoms with E-state index in [2.05, 4.69) is 17.4 Å². The van der Waals surface area contributed by atoms with E-state index in [9.17, 15) is 13.2 Å². The Morgan fingerprint density at radius 2 is 1.63 bits per heavy atom. The smallest absolute Gasteiger partial charge is 0.251 e. The van der Waals surface area contributed by atoms with Crippen LogP contribution in [0.4, 0.5) is 0 Å². The molecule has 1 amide bonds. The fourth-order valence-electron chi connectivity index (χ4n) is 4.12. The Morgan fingerprint density at radius 1 is 1.03 bits per heavy atom. The summed E-state index contributed by atoms with van der Waals surface area (Å²) in [5.41, 5.74) is 1.74. The Kier molecular flexibility index (Phi) is 5.70. The van der Waals surface area contributed by atoms with E-state index in [1.54, 1.807) is 12.1 Å². The van der Waals surface area contributed by atoms with Crippen molar-refractivity contribution in [1.29, 1.82) is 0 Å². The second-order valence-corrected chi connectivity index (χ2v) is 10.4. The molecule has 1 aliphatic carbocycles. The van der Waals surface area contributed by atoms with Crippen LogP contribution in [0, 0.1) is 0 Å². The maximum Gasteiger partial charge on any atom is 0.251 e. The van der Waals surface area contributed by atoms with E-state index in [-0.39, 0.29) is 28.4 Å². The highest BCUT2D eigenvalue weighted by Crippen LogP contribution is 2.47. The first-order valence-electron chi connectivity index (χ1n) is 10.4. The SMILES string of the molecule is CC1CN(S(=O)(=O)c2ccc(C(=O)NCC3(c4ccccc4)CC3)cc2)CC(C)O1. The van der Waals surface area contributed by atoms with Gasteiger partial charge in [-0.1, -0.05) is 30.3 Å². The lowest BCUT2D eigenvalue weighted by atomic mass is 9.96. The number of hydrogen-bond donors (Lipinski definition) is 1. The molecule has 1 saturated carbocycles. The molecule has 2 aromatic carbocycles. The van der Waals surface area contributed by atoms with Crippen molar-refractivity contribution in [3.63, 3.8) is 0 Å². The molecule has 7 heteroatoms. The van der Waals surface area contributed by atoms with E-state index >= 15 is 0 Å². The third-order valence-corrected chi connectivity index (χ3v) is 7.81. The van der Waals surface area contributed by atoms with Gasteiger partial charge in [-0.2, -0.15) is 4.31 Å². The van der Waals surface area contributed by atoms with Gasteiger partial charge in [-0.05, 0) is 56.5 Å². The normalized spacial score (nSPS) is 23.7. The van der Waals surface area contributed by atoms with Crippen molar-refractivity contribution in [1.82, 2.24) is 9.62 Å². The zero-order chi connectivity index (χ0) is 21.4. The van der Waals surface area contributed by atoms with Gasteiger partial charge in [-0.15, -0.1) is 0 Å². The number of amides is 1. The van der Waals surface area contributed by atoms with Crippen LogP contribution in [-0.4, -0.2) is 50.5 Å². The Balaban J connectivity index is 1.41. The number of hydrogen-bond acceptors (Lipinski definition) is 4. The summed E-state index contributed by atoms with van der Waals surface area (Å²) in [6, 6.07) is 16.4. The summed E-state index contributed by atoms with van der Waals surface area (Å²) in [4.78, 5) is 12.8. The summed E-state index contributed by atoms with van der Waals surface area (Å²) in [5.74, 6) is -0.185. The summed E-state index contributed by atoms with van der Waals surface area (Å²) < 4.78 is 33.0. The largest absolute Gasteiger partial charge is 0.373 e. The molecule has 2 aromatic rings. The van der Waals surface area contributed by atoms with Gasteiger partial charge in [-0.25, -0.2) is 8.42 Å². The Hall–Kier alpha value is -2.22. The van der Waals surface area contributed by atoms with Gasteiger partial charge in [0.05, 0.1) is 17.1 Å². The van der Waals surface area contributed by atoms with Gasteiger partial charge in [0.15, 0.2) is 0 Å². The molecule has 1 aliphatic heterocycles. The van der Waals surface area contributed by atoms with E-state index in [0.29, 0.717) is 25.2 Å². The third-order valence-electron chi connectivity index (χ3n) is 5.97. The molecule has 0 spiro atoms. The molecule has 1 saturated heterocycles. The lowest BCUT2D eigenvalue weighted by molar-refractivity contribution is -0.0440. The van der Waals surface area contributed by atoms with E-state index in [1.165, 1.54) is 22.0 Å². The molecule has 2 atom stereocenters. The van der Waals surface area contributed by atoms with Crippen molar-refractivity contribution in [2.75, 3.05) is 19.6 Å². The number of ether oxygens (including phenoxy) is 1. The van der Waals surface area contributed by atoms with Crippen LogP contribution in [0.15, 0.2) is 59.5 Å². The number of carbonyl (C=O) groups excluding carboxylic acids is 1. The van der Waals surface area contributed by atoms with Gasteiger partial charge in [0, 0.05) is 30.6 Å². The predicted octanol–water partition coefficient (Wildman–Crippen LogP) is 2.95. The second kappa shape index (κ2) is 8.13. The summed E-state index contributed by atoms with van der Waals surface area (Å²) in [5, 5.41) is 3.02. The first-order valence-corrected chi connectivity index (χ1v) is 11.8. The van der Waals surface area contributed by atoms with Crippen LogP contribution in [0.3, 0.4) is 0 Å². The number of rotatable bonds is 6. The number of benzene rings is 2. The van der Waals surface area contributed by atoms with E-state index in [1.807, 2.05) is 32.0 Å². The Bertz CT molecular complexity index is 991. The average Bonchev–Trinajstić information content (AvgIpc) is 3.53. The Morgan fingerprint density at radius 3 is 2.20 bits per heavy atom. The van der Waals surface area contributed by atoms with Gasteiger partial charge >= 0.3 is 0 Å². The van der Waals surface area contributed by atoms with Gasteiger partial charge < -0.3 is 10.1 Å². The van der Waals surface area contributed by atoms with Crippen molar-refractivity contribution in [3.05, 3.63) is 65.7 Å². The molecule has 1 N–H and O–H groups in total. The lowest BCUT2D eigenvalue weighted by Crippen LogP contribution is -2.48. The molecule has 1 heterocycles. The standard InChI is InChI=1S/C23H28N2O4S/c1-17-14-25(15-18(2)29-17)30(27,28)21-10-8-19(9-11-21)22(26)24-16-23(12-13-23)20-6-4-3-5-7-20/h3-11,17-18H,12-16H2,1-2H3,(H,24,26). The first kappa shape index (κ1) is 21.0. The van der Waals surface area contributed by atoms with E-state index in [0.717, 1.165) is 12.8 Å². The van der Waals surface area contributed by atoms with Crippen molar-refractivity contribution < 1.29 is 17.9 Å². The third kappa shape index (κ3) is 4.29. The van der Waals surface area contributed by atoms with Gasteiger partial charge in [0.2, 0.25) is 10.0 Å². The number of morpholine rings is 1.